The van der Waals surface area contributed by atoms with Crippen molar-refractivity contribution in [2.75, 3.05) is 18.5 Å². The number of nitrogens with one attached hydrogen (secondary N) is 2. The molecule has 0 aliphatic rings. The molecule has 1 aromatic heterocycles. The molecule has 0 unspecified atom stereocenters. The Bertz CT molecular complexity index is 1000. The van der Waals surface area contributed by atoms with Crippen molar-refractivity contribution < 1.29 is 19.1 Å². The molecule has 2 amide bonds. The first-order valence-corrected chi connectivity index (χ1v) is 9.54. The molecule has 0 radical (unpaired) electrons. The molecule has 29 heavy (non-hydrogen) atoms. The van der Waals surface area contributed by atoms with Crippen LogP contribution in [0.25, 0.3) is 5.69 Å². The van der Waals surface area contributed by atoms with Crippen LogP contribution < -0.4 is 10.6 Å². The molecule has 0 spiro atoms. The number of esters is 1. The summed E-state index contributed by atoms with van der Waals surface area (Å²) >= 11 is 3.32. The lowest BCUT2D eigenvalue weighted by molar-refractivity contribution is -0.126. The number of hydrogen-bond donors (Lipinski definition) is 2. The van der Waals surface area contributed by atoms with Crippen LogP contribution in [-0.2, 0) is 14.3 Å². The number of halogens is 1. The van der Waals surface area contributed by atoms with Crippen molar-refractivity contribution in [3.63, 3.8) is 0 Å². The van der Waals surface area contributed by atoms with Crippen LogP contribution in [0.3, 0.4) is 0 Å². The summed E-state index contributed by atoms with van der Waals surface area (Å²) in [4.78, 5) is 35.8. The van der Waals surface area contributed by atoms with Crippen LogP contribution in [0.5, 0.6) is 0 Å². The van der Waals surface area contributed by atoms with Gasteiger partial charge in [-0.1, -0.05) is 12.1 Å². The molecule has 3 aromatic rings. The molecule has 0 atom stereocenters. The number of benzene rings is 2. The van der Waals surface area contributed by atoms with E-state index in [-0.39, 0.29) is 6.54 Å². The van der Waals surface area contributed by atoms with Gasteiger partial charge < -0.3 is 19.9 Å². The zero-order valence-corrected chi connectivity index (χ0v) is 16.9. The number of rotatable bonds is 7. The van der Waals surface area contributed by atoms with Crippen LogP contribution in [0, 0.1) is 0 Å². The molecule has 0 bridgehead atoms. The molecule has 0 aliphatic carbocycles. The number of anilines is 1. The van der Waals surface area contributed by atoms with Gasteiger partial charge in [-0.3, -0.25) is 9.59 Å². The largest absolute Gasteiger partial charge is 0.452 e. The van der Waals surface area contributed by atoms with Crippen LogP contribution in [0.2, 0.25) is 0 Å². The third kappa shape index (κ3) is 5.79. The first-order valence-electron chi connectivity index (χ1n) is 8.74. The topological polar surface area (TPSA) is 89.4 Å². The molecule has 0 aliphatic heterocycles. The van der Waals surface area contributed by atoms with Crippen molar-refractivity contribution in [2.24, 2.45) is 0 Å². The fourth-order valence-corrected chi connectivity index (χ4v) is 2.86. The van der Waals surface area contributed by atoms with E-state index in [4.69, 9.17) is 4.74 Å². The monoisotopic (exact) mass is 455 g/mol. The normalized spacial score (nSPS) is 10.2. The van der Waals surface area contributed by atoms with Gasteiger partial charge in [0.25, 0.3) is 5.91 Å². The second-order valence-electron chi connectivity index (χ2n) is 6.02. The Hall–Kier alpha value is -3.39. The summed E-state index contributed by atoms with van der Waals surface area (Å²) in [5.41, 5.74) is 1.84. The van der Waals surface area contributed by atoms with E-state index in [1.54, 1.807) is 42.5 Å². The van der Waals surface area contributed by atoms with E-state index in [1.807, 2.05) is 35.2 Å². The average Bonchev–Trinajstić information content (AvgIpc) is 3.27. The predicted octanol–water partition coefficient (Wildman–Crippen LogP) is 3.15. The number of para-hydroxylation sites is 1. The molecular formula is C21H18BrN3O4. The van der Waals surface area contributed by atoms with Gasteiger partial charge in [0.15, 0.2) is 6.61 Å². The van der Waals surface area contributed by atoms with Gasteiger partial charge in [0.1, 0.15) is 0 Å². The van der Waals surface area contributed by atoms with Gasteiger partial charge in [0.2, 0.25) is 5.91 Å². The molecule has 148 valence electrons. The molecule has 2 N–H and O–H groups in total. The maximum absolute atomic E-state index is 12.1. The predicted molar refractivity (Wildman–Crippen MR) is 112 cm³/mol. The zero-order chi connectivity index (χ0) is 20.6. The lowest BCUT2D eigenvalue weighted by atomic mass is 10.2. The Morgan fingerprint density at radius 1 is 0.897 bits per heavy atom. The Kier molecular flexibility index (Phi) is 6.80. The highest BCUT2D eigenvalue weighted by Crippen LogP contribution is 2.20. The van der Waals surface area contributed by atoms with Crippen LogP contribution in [0.1, 0.15) is 10.4 Å². The van der Waals surface area contributed by atoms with Crippen LogP contribution in [0.4, 0.5) is 5.69 Å². The van der Waals surface area contributed by atoms with Gasteiger partial charge in [-0.25, -0.2) is 4.79 Å². The van der Waals surface area contributed by atoms with Gasteiger partial charge in [-0.15, -0.1) is 0 Å². The maximum Gasteiger partial charge on any atom is 0.338 e. The summed E-state index contributed by atoms with van der Waals surface area (Å²) in [5, 5.41) is 5.07. The van der Waals surface area contributed by atoms with Crippen molar-refractivity contribution in [3.05, 3.63) is 83.1 Å². The summed E-state index contributed by atoms with van der Waals surface area (Å²) < 4.78 is 7.63. The number of ether oxygens (including phenoxy) is 1. The second kappa shape index (κ2) is 9.70. The molecule has 3 rings (SSSR count). The number of carbonyl (C=O) groups is 3. The fraction of sp³-hybridized carbons (Fsp3) is 0.0952. The summed E-state index contributed by atoms with van der Waals surface area (Å²) in [6, 6.07) is 17.7. The van der Waals surface area contributed by atoms with Crippen molar-refractivity contribution >= 4 is 39.4 Å². The zero-order valence-electron chi connectivity index (χ0n) is 15.3. The number of hydrogen-bond acceptors (Lipinski definition) is 4. The smallest absolute Gasteiger partial charge is 0.338 e. The Balaban J connectivity index is 1.42. The molecule has 0 saturated carbocycles. The highest BCUT2D eigenvalue weighted by Gasteiger charge is 2.12. The minimum atomic E-state index is -0.614. The summed E-state index contributed by atoms with van der Waals surface area (Å²) in [7, 11) is 0. The molecule has 0 fully saturated rings. The fourth-order valence-electron chi connectivity index (χ4n) is 2.48. The number of carbonyl (C=O) groups excluding carboxylic acids is 3. The van der Waals surface area contributed by atoms with Crippen LogP contribution >= 0.6 is 15.9 Å². The van der Waals surface area contributed by atoms with Crippen LogP contribution in [0.15, 0.2) is 77.5 Å². The van der Waals surface area contributed by atoms with E-state index in [9.17, 15) is 14.4 Å². The lowest BCUT2D eigenvalue weighted by Crippen LogP contribution is -2.35. The maximum atomic E-state index is 12.1. The van der Waals surface area contributed by atoms with Crippen molar-refractivity contribution in [3.8, 4) is 5.69 Å². The average molecular weight is 456 g/mol. The van der Waals surface area contributed by atoms with Gasteiger partial charge in [0.05, 0.1) is 17.8 Å². The van der Waals surface area contributed by atoms with E-state index in [1.165, 1.54) is 0 Å². The molecule has 8 heteroatoms. The molecule has 2 aromatic carbocycles. The van der Waals surface area contributed by atoms with E-state index < -0.39 is 24.4 Å². The third-order valence-electron chi connectivity index (χ3n) is 3.93. The number of amides is 2. The standard InChI is InChI=1S/C21H18BrN3O4/c22-17-5-1-2-6-18(17)24-19(26)13-23-20(27)14-29-21(28)15-7-9-16(10-8-15)25-11-3-4-12-25/h1-12H,13-14H2,(H,23,27)(H,24,26). The Morgan fingerprint density at radius 3 is 2.28 bits per heavy atom. The highest BCUT2D eigenvalue weighted by atomic mass is 79.9. The summed E-state index contributed by atoms with van der Waals surface area (Å²) in [5.74, 6) is -1.57. The summed E-state index contributed by atoms with van der Waals surface area (Å²) in [6.07, 6.45) is 3.79. The van der Waals surface area contributed by atoms with Gasteiger partial charge in [-0.05, 0) is 64.5 Å². The second-order valence-corrected chi connectivity index (χ2v) is 6.87. The van der Waals surface area contributed by atoms with E-state index >= 15 is 0 Å². The Morgan fingerprint density at radius 2 is 1.59 bits per heavy atom. The van der Waals surface area contributed by atoms with Gasteiger partial charge in [-0.2, -0.15) is 0 Å². The highest BCUT2D eigenvalue weighted by molar-refractivity contribution is 9.10. The molecule has 7 nitrogen and oxygen atoms in total. The molecule has 0 saturated heterocycles. The van der Waals surface area contributed by atoms with E-state index in [2.05, 4.69) is 26.6 Å². The minimum absolute atomic E-state index is 0.233. The van der Waals surface area contributed by atoms with E-state index in [0.717, 1.165) is 10.2 Å². The van der Waals surface area contributed by atoms with Gasteiger partial charge in [0, 0.05) is 22.6 Å². The third-order valence-corrected chi connectivity index (χ3v) is 4.63. The van der Waals surface area contributed by atoms with Crippen molar-refractivity contribution in [2.45, 2.75) is 0 Å². The van der Waals surface area contributed by atoms with Crippen molar-refractivity contribution in [1.29, 1.82) is 0 Å². The first-order chi connectivity index (χ1) is 14.0. The minimum Gasteiger partial charge on any atom is -0.452 e. The number of aromatic nitrogens is 1. The SMILES string of the molecule is O=C(COC(=O)c1ccc(-n2cccc2)cc1)NCC(=O)Nc1ccccc1Br. The van der Waals surface area contributed by atoms with E-state index in [0.29, 0.717) is 11.3 Å². The molecular weight excluding hydrogens is 438 g/mol. The molecule has 1 heterocycles. The van der Waals surface area contributed by atoms with Crippen molar-refractivity contribution in [1.82, 2.24) is 9.88 Å². The van der Waals surface area contributed by atoms with Crippen LogP contribution in [-0.4, -0.2) is 35.5 Å². The lowest BCUT2D eigenvalue weighted by Gasteiger charge is -2.09. The Labute approximate surface area is 175 Å². The first kappa shape index (κ1) is 20.3. The number of nitrogens with zero attached hydrogens (tertiary/aromatic N) is 1. The van der Waals surface area contributed by atoms with Gasteiger partial charge >= 0.3 is 5.97 Å². The quantitative estimate of drug-likeness (QED) is 0.535. The summed E-state index contributed by atoms with van der Waals surface area (Å²) in [6.45, 7) is -0.705.